The molecule has 0 atom stereocenters. The third kappa shape index (κ3) is 2.52. The van der Waals surface area contributed by atoms with Gasteiger partial charge in [0.2, 0.25) is 0 Å². The van der Waals surface area contributed by atoms with E-state index in [-0.39, 0.29) is 22.8 Å². The van der Waals surface area contributed by atoms with Gasteiger partial charge >= 0.3 is 11.7 Å². The van der Waals surface area contributed by atoms with E-state index in [0.29, 0.717) is 0 Å². The monoisotopic (exact) mass is 254 g/mol. The number of benzene rings is 1. The smallest absolute Gasteiger partial charge is 0.345 e. The quantitative estimate of drug-likeness (QED) is 0.469. The SMILES string of the molecule is CCOC(=O)c1ccc(Cl)c(C#N)c1[N+](=O)[O-]. The number of hydrogen-bond acceptors (Lipinski definition) is 5. The van der Waals surface area contributed by atoms with Crippen LogP contribution >= 0.6 is 11.6 Å². The van der Waals surface area contributed by atoms with Crippen LogP contribution in [0.15, 0.2) is 12.1 Å². The van der Waals surface area contributed by atoms with E-state index in [1.807, 2.05) is 0 Å². The lowest BCUT2D eigenvalue weighted by atomic mass is 10.1. The van der Waals surface area contributed by atoms with E-state index in [1.165, 1.54) is 12.1 Å². The number of ether oxygens (including phenoxy) is 1. The molecule has 0 fully saturated rings. The number of nitro benzene ring substituents is 1. The highest BCUT2D eigenvalue weighted by Gasteiger charge is 2.27. The van der Waals surface area contributed by atoms with E-state index in [2.05, 4.69) is 4.74 Å². The molecule has 0 saturated carbocycles. The zero-order chi connectivity index (χ0) is 13.0. The van der Waals surface area contributed by atoms with Crippen molar-refractivity contribution < 1.29 is 14.5 Å². The normalized spacial score (nSPS) is 9.47. The van der Waals surface area contributed by atoms with Crippen molar-refractivity contribution in [1.82, 2.24) is 0 Å². The van der Waals surface area contributed by atoms with Gasteiger partial charge in [0, 0.05) is 0 Å². The maximum Gasteiger partial charge on any atom is 0.345 e. The van der Waals surface area contributed by atoms with Gasteiger partial charge in [-0.05, 0) is 19.1 Å². The van der Waals surface area contributed by atoms with Crippen LogP contribution in [0.2, 0.25) is 5.02 Å². The van der Waals surface area contributed by atoms with Crippen molar-refractivity contribution in [2.45, 2.75) is 6.92 Å². The van der Waals surface area contributed by atoms with Crippen molar-refractivity contribution in [3.63, 3.8) is 0 Å². The van der Waals surface area contributed by atoms with Gasteiger partial charge < -0.3 is 4.74 Å². The fourth-order valence-corrected chi connectivity index (χ4v) is 1.43. The number of nitrogens with zero attached hydrogens (tertiary/aromatic N) is 2. The topological polar surface area (TPSA) is 93.2 Å². The average molecular weight is 255 g/mol. The molecule has 0 N–H and O–H groups in total. The van der Waals surface area contributed by atoms with E-state index >= 15 is 0 Å². The van der Waals surface area contributed by atoms with Crippen molar-refractivity contribution >= 4 is 23.3 Å². The molecule has 0 aliphatic rings. The minimum absolute atomic E-state index is 0.0766. The van der Waals surface area contributed by atoms with Crippen LogP contribution in [0.4, 0.5) is 5.69 Å². The van der Waals surface area contributed by atoms with E-state index in [4.69, 9.17) is 16.9 Å². The number of esters is 1. The van der Waals surface area contributed by atoms with Gasteiger partial charge in [0.1, 0.15) is 17.2 Å². The maximum absolute atomic E-state index is 11.5. The van der Waals surface area contributed by atoms with Gasteiger partial charge in [-0.1, -0.05) is 11.6 Å². The van der Waals surface area contributed by atoms with Crippen molar-refractivity contribution in [2.24, 2.45) is 0 Å². The van der Waals surface area contributed by atoms with Gasteiger partial charge in [-0.2, -0.15) is 5.26 Å². The van der Waals surface area contributed by atoms with Gasteiger partial charge in [-0.3, -0.25) is 10.1 Å². The molecular weight excluding hydrogens is 248 g/mol. The highest BCUT2D eigenvalue weighted by molar-refractivity contribution is 6.32. The Bertz CT molecular complexity index is 522. The molecule has 88 valence electrons. The van der Waals surface area contributed by atoms with Crippen LogP contribution in [0.25, 0.3) is 0 Å². The number of carbonyl (C=O) groups is 1. The molecule has 0 aromatic heterocycles. The molecule has 17 heavy (non-hydrogen) atoms. The van der Waals surface area contributed by atoms with E-state index in [9.17, 15) is 14.9 Å². The Balaban J connectivity index is 3.47. The summed E-state index contributed by atoms with van der Waals surface area (Å²) in [6, 6.07) is 4.02. The molecule has 1 rings (SSSR count). The van der Waals surface area contributed by atoms with Crippen LogP contribution in [0.1, 0.15) is 22.8 Å². The number of nitriles is 1. The second-order valence-corrected chi connectivity index (χ2v) is 3.32. The van der Waals surface area contributed by atoms with Gasteiger partial charge in [0.25, 0.3) is 0 Å². The summed E-state index contributed by atoms with van der Waals surface area (Å²) in [5.74, 6) is -0.854. The average Bonchev–Trinajstić information content (AvgIpc) is 2.28. The molecule has 0 aliphatic carbocycles. The van der Waals surface area contributed by atoms with Crippen molar-refractivity contribution in [2.75, 3.05) is 6.61 Å². The molecule has 0 radical (unpaired) electrons. The van der Waals surface area contributed by atoms with Crippen LogP contribution in [-0.2, 0) is 4.74 Å². The second-order valence-electron chi connectivity index (χ2n) is 2.91. The summed E-state index contributed by atoms with van der Waals surface area (Å²) in [6.07, 6.45) is 0. The summed E-state index contributed by atoms with van der Waals surface area (Å²) in [7, 11) is 0. The van der Waals surface area contributed by atoms with Crippen molar-refractivity contribution in [3.8, 4) is 6.07 Å². The minimum Gasteiger partial charge on any atom is -0.462 e. The molecule has 1 aromatic rings. The summed E-state index contributed by atoms with van der Waals surface area (Å²) in [5.41, 5.74) is -1.25. The van der Waals surface area contributed by atoms with Crippen LogP contribution in [0, 0.1) is 21.4 Å². The molecule has 0 aliphatic heterocycles. The molecule has 0 bridgehead atoms. The lowest BCUT2D eigenvalue weighted by molar-refractivity contribution is -0.385. The van der Waals surface area contributed by atoms with Gasteiger partial charge in [0.15, 0.2) is 0 Å². The Morgan fingerprint density at radius 1 is 1.65 bits per heavy atom. The summed E-state index contributed by atoms with van der Waals surface area (Å²) >= 11 is 5.65. The van der Waals surface area contributed by atoms with Crippen LogP contribution in [-0.4, -0.2) is 17.5 Å². The van der Waals surface area contributed by atoms with E-state index in [1.54, 1.807) is 13.0 Å². The molecule has 6 nitrogen and oxygen atoms in total. The predicted molar refractivity (Wildman–Crippen MR) is 58.8 cm³/mol. The molecule has 0 amide bonds. The van der Waals surface area contributed by atoms with E-state index in [0.717, 1.165) is 0 Å². The van der Waals surface area contributed by atoms with Crippen LogP contribution in [0.5, 0.6) is 0 Å². The number of carbonyl (C=O) groups excluding carboxylic acids is 1. The highest BCUT2D eigenvalue weighted by atomic mass is 35.5. The van der Waals surface area contributed by atoms with Gasteiger partial charge in [-0.25, -0.2) is 4.79 Å². The molecule has 0 saturated heterocycles. The number of hydrogen-bond donors (Lipinski definition) is 0. The number of nitro groups is 1. The van der Waals surface area contributed by atoms with Crippen molar-refractivity contribution in [3.05, 3.63) is 38.4 Å². The van der Waals surface area contributed by atoms with E-state index < -0.39 is 16.6 Å². The number of halogens is 1. The molecule has 0 spiro atoms. The largest absolute Gasteiger partial charge is 0.462 e. The Morgan fingerprint density at radius 3 is 2.76 bits per heavy atom. The molecule has 1 aromatic carbocycles. The zero-order valence-electron chi connectivity index (χ0n) is 8.77. The summed E-state index contributed by atoms with van der Waals surface area (Å²) in [5, 5.41) is 19.6. The summed E-state index contributed by atoms with van der Waals surface area (Å²) < 4.78 is 4.66. The Labute approximate surface area is 102 Å². The molecule has 7 heteroatoms. The predicted octanol–water partition coefficient (Wildman–Crippen LogP) is 2.30. The third-order valence-electron chi connectivity index (χ3n) is 1.92. The fraction of sp³-hybridized carbons (Fsp3) is 0.200. The maximum atomic E-state index is 11.5. The fourth-order valence-electron chi connectivity index (χ4n) is 1.24. The van der Waals surface area contributed by atoms with Crippen LogP contribution in [0.3, 0.4) is 0 Å². The third-order valence-corrected chi connectivity index (χ3v) is 2.23. The summed E-state index contributed by atoms with van der Waals surface area (Å²) in [4.78, 5) is 21.5. The first-order chi connectivity index (χ1) is 8.02. The van der Waals surface area contributed by atoms with Gasteiger partial charge in [0.05, 0.1) is 16.6 Å². The second kappa shape index (κ2) is 5.27. The Kier molecular flexibility index (Phi) is 4.01. The zero-order valence-corrected chi connectivity index (χ0v) is 9.52. The highest BCUT2D eigenvalue weighted by Crippen LogP contribution is 2.30. The first-order valence-electron chi connectivity index (χ1n) is 4.57. The van der Waals surface area contributed by atoms with Crippen LogP contribution < -0.4 is 0 Å². The standard InChI is InChI=1S/C10H7ClN2O4/c1-2-17-10(14)6-3-4-8(11)7(5-12)9(6)13(15)16/h3-4H,2H2,1H3. The lowest BCUT2D eigenvalue weighted by Gasteiger charge is -2.04. The first kappa shape index (κ1) is 12.9. The molecule has 0 heterocycles. The summed E-state index contributed by atoms with van der Waals surface area (Å²) in [6.45, 7) is 1.66. The van der Waals surface area contributed by atoms with Crippen molar-refractivity contribution in [1.29, 1.82) is 5.26 Å². The molecular formula is C10H7ClN2O4. The Hall–Kier alpha value is -2.13. The minimum atomic E-state index is -0.854. The first-order valence-corrected chi connectivity index (χ1v) is 4.94. The number of rotatable bonds is 3. The Morgan fingerprint density at radius 2 is 2.29 bits per heavy atom. The lowest BCUT2D eigenvalue weighted by Crippen LogP contribution is -2.09. The van der Waals surface area contributed by atoms with Gasteiger partial charge in [-0.15, -0.1) is 0 Å². The molecule has 0 unspecified atom stereocenters.